The molecular weight excluding hydrogens is 180 g/mol. The van der Waals surface area contributed by atoms with Gasteiger partial charge in [0.1, 0.15) is 0 Å². The van der Waals surface area contributed by atoms with E-state index < -0.39 is 0 Å². The molecule has 0 atom stereocenters. The van der Waals surface area contributed by atoms with Crippen LogP contribution in [-0.4, -0.2) is 9.97 Å². The Kier molecular flexibility index (Phi) is 2.35. The SMILES string of the molecule is C(#Cc1nccs1)c1cccnc1. The van der Waals surface area contributed by atoms with Crippen LogP contribution in [-0.2, 0) is 0 Å². The van der Waals surface area contributed by atoms with Gasteiger partial charge in [-0.2, -0.15) is 0 Å². The third-order valence-electron chi connectivity index (χ3n) is 1.41. The van der Waals surface area contributed by atoms with Crippen molar-refractivity contribution in [2.45, 2.75) is 0 Å². The van der Waals surface area contributed by atoms with Gasteiger partial charge in [-0.05, 0) is 18.1 Å². The van der Waals surface area contributed by atoms with Crippen LogP contribution >= 0.6 is 11.3 Å². The Labute approximate surface area is 80.3 Å². The second-order valence-corrected chi connectivity index (χ2v) is 3.22. The van der Waals surface area contributed by atoms with Gasteiger partial charge in [0.25, 0.3) is 0 Å². The fraction of sp³-hybridized carbons (Fsp3) is 0. The maximum atomic E-state index is 4.06. The molecule has 0 N–H and O–H groups in total. The molecule has 62 valence electrons. The zero-order chi connectivity index (χ0) is 8.93. The Morgan fingerprint density at radius 3 is 2.92 bits per heavy atom. The first kappa shape index (κ1) is 7.96. The highest BCUT2D eigenvalue weighted by molar-refractivity contribution is 7.10. The maximum absolute atomic E-state index is 4.06. The second kappa shape index (κ2) is 3.83. The molecule has 0 spiro atoms. The van der Waals surface area contributed by atoms with Crippen LogP contribution in [0.3, 0.4) is 0 Å². The summed E-state index contributed by atoms with van der Waals surface area (Å²) in [6.07, 6.45) is 5.22. The van der Waals surface area contributed by atoms with Gasteiger partial charge in [-0.3, -0.25) is 4.98 Å². The van der Waals surface area contributed by atoms with Crippen molar-refractivity contribution in [1.82, 2.24) is 9.97 Å². The molecule has 2 aromatic heterocycles. The van der Waals surface area contributed by atoms with Gasteiger partial charge >= 0.3 is 0 Å². The number of nitrogens with zero attached hydrogens (tertiary/aromatic N) is 2. The normalized spacial score (nSPS) is 8.92. The van der Waals surface area contributed by atoms with Crippen molar-refractivity contribution in [3.05, 3.63) is 46.7 Å². The van der Waals surface area contributed by atoms with Crippen molar-refractivity contribution in [2.75, 3.05) is 0 Å². The first-order valence-corrected chi connectivity index (χ1v) is 4.65. The molecule has 0 radical (unpaired) electrons. The summed E-state index contributed by atoms with van der Waals surface area (Å²) in [5.74, 6) is 5.94. The van der Waals surface area contributed by atoms with Crippen LogP contribution in [0.15, 0.2) is 36.1 Å². The Balaban J connectivity index is 2.23. The van der Waals surface area contributed by atoms with Crippen molar-refractivity contribution in [2.24, 2.45) is 0 Å². The molecule has 0 saturated heterocycles. The molecule has 0 unspecified atom stereocenters. The molecule has 0 aliphatic carbocycles. The van der Waals surface area contributed by atoms with Crippen LogP contribution in [0.4, 0.5) is 0 Å². The van der Waals surface area contributed by atoms with E-state index in [1.807, 2.05) is 17.5 Å². The highest BCUT2D eigenvalue weighted by Crippen LogP contribution is 2.01. The largest absolute Gasteiger partial charge is 0.263 e. The predicted octanol–water partition coefficient (Wildman–Crippen LogP) is 1.94. The number of aromatic nitrogens is 2. The number of pyridine rings is 1. The summed E-state index contributed by atoms with van der Waals surface area (Å²) in [4.78, 5) is 8.02. The minimum absolute atomic E-state index is 0.837. The van der Waals surface area contributed by atoms with E-state index in [1.54, 1.807) is 18.6 Å². The first-order chi connectivity index (χ1) is 6.45. The van der Waals surface area contributed by atoms with Crippen LogP contribution in [0.1, 0.15) is 10.6 Å². The van der Waals surface area contributed by atoms with E-state index in [-0.39, 0.29) is 0 Å². The maximum Gasteiger partial charge on any atom is 0.167 e. The molecule has 2 aromatic rings. The summed E-state index contributed by atoms with van der Waals surface area (Å²) in [6, 6.07) is 3.79. The van der Waals surface area contributed by atoms with Gasteiger partial charge in [-0.25, -0.2) is 4.98 Å². The number of hydrogen-bond donors (Lipinski definition) is 0. The third-order valence-corrected chi connectivity index (χ3v) is 2.10. The molecular formula is C10H6N2S. The average Bonchev–Trinajstić information content (AvgIpc) is 2.69. The summed E-state index contributed by atoms with van der Waals surface area (Å²) in [7, 11) is 0. The summed E-state index contributed by atoms with van der Waals surface area (Å²) >= 11 is 1.54. The predicted molar refractivity (Wildman–Crippen MR) is 52.3 cm³/mol. The minimum atomic E-state index is 0.837. The first-order valence-electron chi connectivity index (χ1n) is 3.77. The lowest BCUT2D eigenvalue weighted by atomic mass is 10.3. The lowest BCUT2D eigenvalue weighted by molar-refractivity contribution is 1.31. The van der Waals surface area contributed by atoms with Gasteiger partial charge in [0, 0.05) is 29.5 Å². The average molecular weight is 186 g/mol. The molecule has 13 heavy (non-hydrogen) atoms. The van der Waals surface area contributed by atoms with Gasteiger partial charge in [0.05, 0.1) is 0 Å². The Morgan fingerprint density at radius 1 is 1.23 bits per heavy atom. The molecule has 0 amide bonds. The van der Waals surface area contributed by atoms with E-state index >= 15 is 0 Å². The van der Waals surface area contributed by atoms with Gasteiger partial charge in [-0.15, -0.1) is 11.3 Å². The summed E-state index contributed by atoms with van der Waals surface area (Å²) in [5.41, 5.74) is 0.915. The van der Waals surface area contributed by atoms with E-state index in [2.05, 4.69) is 21.8 Å². The van der Waals surface area contributed by atoms with Crippen LogP contribution in [0, 0.1) is 11.8 Å². The minimum Gasteiger partial charge on any atom is -0.263 e. The molecule has 0 aliphatic rings. The van der Waals surface area contributed by atoms with Crippen LogP contribution < -0.4 is 0 Å². The van der Waals surface area contributed by atoms with Crippen molar-refractivity contribution < 1.29 is 0 Å². The van der Waals surface area contributed by atoms with Crippen molar-refractivity contribution in [3.63, 3.8) is 0 Å². The number of rotatable bonds is 0. The van der Waals surface area contributed by atoms with Gasteiger partial charge in [0.2, 0.25) is 0 Å². The molecule has 2 rings (SSSR count). The van der Waals surface area contributed by atoms with Gasteiger partial charge < -0.3 is 0 Å². The van der Waals surface area contributed by atoms with E-state index in [1.165, 1.54) is 11.3 Å². The monoisotopic (exact) mass is 186 g/mol. The molecule has 3 heteroatoms. The van der Waals surface area contributed by atoms with E-state index in [0.717, 1.165) is 10.6 Å². The highest BCUT2D eigenvalue weighted by atomic mass is 32.1. The van der Waals surface area contributed by atoms with Crippen LogP contribution in [0.2, 0.25) is 0 Å². The summed E-state index contributed by atoms with van der Waals surface area (Å²) in [6.45, 7) is 0. The Morgan fingerprint density at radius 2 is 2.23 bits per heavy atom. The standard InChI is InChI=1S/C10H6N2S/c1-2-9(8-11-5-1)3-4-10-12-6-7-13-10/h1-2,5-8H. The van der Waals surface area contributed by atoms with Crippen molar-refractivity contribution >= 4 is 11.3 Å². The lowest BCUT2D eigenvalue weighted by Crippen LogP contribution is -1.75. The van der Waals surface area contributed by atoms with Crippen molar-refractivity contribution in [3.8, 4) is 11.8 Å². The molecule has 0 bridgehead atoms. The van der Waals surface area contributed by atoms with Crippen LogP contribution in [0.5, 0.6) is 0 Å². The molecule has 0 saturated carbocycles. The van der Waals surface area contributed by atoms with Gasteiger partial charge in [-0.1, -0.05) is 5.92 Å². The molecule has 2 heterocycles. The fourth-order valence-corrected chi connectivity index (χ4v) is 1.33. The molecule has 0 aliphatic heterocycles. The van der Waals surface area contributed by atoms with Crippen LogP contribution in [0.25, 0.3) is 0 Å². The number of hydrogen-bond acceptors (Lipinski definition) is 3. The summed E-state index contributed by atoms with van der Waals surface area (Å²) < 4.78 is 0. The Bertz CT molecular complexity index is 423. The van der Waals surface area contributed by atoms with Crippen molar-refractivity contribution in [1.29, 1.82) is 0 Å². The summed E-state index contributed by atoms with van der Waals surface area (Å²) in [5, 5.41) is 2.75. The Hall–Kier alpha value is -1.66. The van der Waals surface area contributed by atoms with Gasteiger partial charge in [0.15, 0.2) is 5.01 Å². The van der Waals surface area contributed by atoms with E-state index in [4.69, 9.17) is 0 Å². The number of thiazole rings is 1. The second-order valence-electron chi connectivity index (χ2n) is 2.33. The highest BCUT2D eigenvalue weighted by Gasteiger charge is 1.86. The third kappa shape index (κ3) is 2.14. The lowest BCUT2D eigenvalue weighted by Gasteiger charge is -1.84. The fourth-order valence-electron chi connectivity index (χ4n) is 0.848. The zero-order valence-electron chi connectivity index (χ0n) is 6.77. The van der Waals surface area contributed by atoms with E-state index in [9.17, 15) is 0 Å². The zero-order valence-corrected chi connectivity index (χ0v) is 7.58. The quantitative estimate of drug-likeness (QED) is 0.587. The smallest absolute Gasteiger partial charge is 0.167 e. The molecule has 2 nitrogen and oxygen atoms in total. The topological polar surface area (TPSA) is 25.8 Å². The molecule has 0 aromatic carbocycles. The molecule has 0 fully saturated rings. The van der Waals surface area contributed by atoms with E-state index in [0.29, 0.717) is 0 Å².